The highest BCUT2D eigenvalue weighted by molar-refractivity contribution is 9.10. The molecule has 18 heavy (non-hydrogen) atoms. The summed E-state index contributed by atoms with van der Waals surface area (Å²) in [5.74, 6) is 0.0737. The van der Waals surface area contributed by atoms with Crippen LogP contribution < -0.4 is 4.90 Å². The maximum Gasteiger partial charge on any atom is 0.159 e. The third kappa shape index (κ3) is 2.62. The highest BCUT2D eigenvalue weighted by Gasteiger charge is 2.09. The van der Waals surface area contributed by atoms with Crippen LogP contribution in [0.15, 0.2) is 53.0 Å². The van der Waals surface area contributed by atoms with Gasteiger partial charge in [0.15, 0.2) is 5.78 Å². The monoisotopic (exact) mass is 303 g/mol. The van der Waals surface area contributed by atoms with Crippen molar-refractivity contribution in [2.45, 2.75) is 6.92 Å². The van der Waals surface area contributed by atoms with Crippen molar-refractivity contribution in [1.82, 2.24) is 0 Å². The van der Waals surface area contributed by atoms with E-state index in [1.165, 1.54) is 0 Å². The molecule has 0 aliphatic carbocycles. The molecule has 0 radical (unpaired) electrons. The lowest BCUT2D eigenvalue weighted by molar-refractivity contribution is 0.101. The number of carbonyl (C=O) groups excluding carboxylic acids is 1. The third-order valence-electron chi connectivity index (χ3n) is 2.86. The fraction of sp³-hybridized carbons (Fsp3) is 0.133. The number of nitrogens with zero attached hydrogens (tertiary/aromatic N) is 1. The Hall–Kier alpha value is -1.61. The molecule has 0 aliphatic heterocycles. The first-order valence-corrected chi connectivity index (χ1v) is 6.48. The molecule has 0 saturated carbocycles. The standard InChI is InChI=1S/C15H14BrNO/c1-11(18)12-8-9-15(14(16)10-12)17(2)13-6-4-3-5-7-13/h3-10H,1-2H3. The van der Waals surface area contributed by atoms with Gasteiger partial charge in [-0.15, -0.1) is 0 Å². The minimum absolute atomic E-state index is 0.0737. The van der Waals surface area contributed by atoms with Crippen LogP contribution in [0.25, 0.3) is 0 Å². The van der Waals surface area contributed by atoms with E-state index in [-0.39, 0.29) is 5.78 Å². The molecule has 0 amide bonds. The van der Waals surface area contributed by atoms with Gasteiger partial charge in [0.2, 0.25) is 0 Å². The van der Waals surface area contributed by atoms with Crippen LogP contribution in [0.3, 0.4) is 0 Å². The van der Waals surface area contributed by atoms with Crippen molar-refractivity contribution in [3.8, 4) is 0 Å². The molecular formula is C15H14BrNO. The number of rotatable bonds is 3. The van der Waals surface area contributed by atoms with Gasteiger partial charge in [0.05, 0.1) is 5.69 Å². The summed E-state index contributed by atoms with van der Waals surface area (Å²) in [6, 6.07) is 15.8. The lowest BCUT2D eigenvalue weighted by Crippen LogP contribution is -2.10. The average molecular weight is 304 g/mol. The second kappa shape index (κ2) is 5.36. The smallest absolute Gasteiger partial charge is 0.159 e. The number of anilines is 2. The Morgan fingerprint density at radius 2 is 1.78 bits per heavy atom. The number of ketones is 1. The quantitative estimate of drug-likeness (QED) is 0.782. The van der Waals surface area contributed by atoms with E-state index in [1.807, 2.05) is 55.6 Å². The van der Waals surface area contributed by atoms with Crippen LogP contribution in [0.4, 0.5) is 11.4 Å². The summed E-state index contributed by atoms with van der Waals surface area (Å²) in [4.78, 5) is 13.4. The van der Waals surface area contributed by atoms with Gasteiger partial charge in [-0.3, -0.25) is 4.79 Å². The Morgan fingerprint density at radius 1 is 1.11 bits per heavy atom. The Balaban J connectivity index is 2.37. The zero-order valence-corrected chi connectivity index (χ0v) is 11.9. The molecule has 92 valence electrons. The van der Waals surface area contributed by atoms with Crippen LogP contribution in [0.1, 0.15) is 17.3 Å². The van der Waals surface area contributed by atoms with E-state index in [9.17, 15) is 4.79 Å². The predicted molar refractivity (Wildman–Crippen MR) is 78.7 cm³/mol. The van der Waals surface area contributed by atoms with Crippen LogP contribution in [-0.2, 0) is 0 Å². The fourth-order valence-electron chi connectivity index (χ4n) is 1.79. The number of para-hydroxylation sites is 1. The van der Waals surface area contributed by atoms with Gasteiger partial charge >= 0.3 is 0 Å². The Kier molecular flexibility index (Phi) is 3.82. The van der Waals surface area contributed by atoms with Crippen LogP contribution in [0.5, 0.6) is 0 Å². The molecule has 2 aromatic carbocycles. The van der Waals surface area contributed by atoms with E-state index in [0.717, 1.165) is 15.8 Å². The van der Waals surface area contributed by atoms with Gasteiger partial charge in [-0.1, -0.05) is 18.2 Å². The van der Waals surface area contributed by atoms with E-state index >= 15 is 0 Å². The molecule has 2 rings (SSSR count). The van der Waals surface area contributed by atoms with Crippen molar-refractivity contribution in [2.24, 2.45) is 0 Å². The molecule has 3 heteroatoms. The lowest BCUT2D eigenvalue weighted by Gasteiger charge is -2.21. The maximum absolute atomic E-state index is 11.3. The summed E-state index contributed by atoms with van der Waals surface area (Å²) in [7, 11) is 2.00. The van der Waals surface area contributed by atoms with Crippen LogP contribution in [-0.4, -0.2) is 12.8 Å². The molecule has 0 heterocycles. The Morgan fingerprint density at radius 3 is 2.33 bits per heavy atom. The highest BCUT2D eigenvalue weighted by Crippen LogP contribution is 2.31. The summed E-state index contributed by atoms with van der Waals surface area (Å²) in [5, 5.41) is 0. The second-order valence-corrected chi connectivity index (χ2v) is 4.97. The summed E-state index contributed by atoms with van der Waals surface area (Å²) in [6.45, 7) is 1.57. The predicted octanol–water partition coefficient (Wildman–Crippen LogP) is 4.42. The molecule has 2 aromatic rings. The topological polar surface area (TPSA) is 20.3 Å². The molecule has 0 unspecified atom stereocenters. The second-order valence-electron chi connectivity index (χ2n) is 4.12. The SMILES string of the molecule is CC(=O)c1ccc(N(C)c2ccccc2)c(Br)c1. The third-order valence-corrected chi connectivity index (χ3v) is 3.49. The first-order valence-electron chi connectivity index (χ1n) is 5.69. The van der Waals surface area contributed by atoms with Crippen molar-refractivity contribution in [1.29, 1.82) is 0 Å². The summed E-state index contributed by atoms with van der Waals surface area (Å²) in [5.41, 5.74) is 2.85. The first-order chi connectivity index (χ1) is 8.59. The normalized spacial score (nSPS) is 10.2. The first kappa shape index (κ1) is 12.8. The van der Waals surface area contributed by atoms with Gasteiger partial charge in [0, 0.05) is 22.8 Å². The maximum atomic E-state index is 11.3. The van der Waals surface area contributed by atoms with Crippen molar-refractivity contribution < 1.29 is 4.79 Å². The number of hydrogen-bond donors (Lipinski definition) is 0. The van der Waals surface area contributed by atoms with Gasteiger partial charge in [0.25, 0.3) is 0 Å². The molecular weight excluding hydrogens is 290 g/mol. The van der Waals surface area contributed by atoms with Crippen molar-refractivity contribution in [3.05, 3.63) is 58.6 Å². The van der Waals surface area contributed by atoms with Crippen LogP contribution in [0.2, 0.25) is 0 Å². The molecule has 2 nitrogen and oxygen atoms in total. The van der Waals surface area contributed by atoms with Crippen molar-refractivity contribution in [2.75, 3.05) is 11.9 Å². The van der Waals surface area contributed by atoms with E-state index in [4.69, 9.17) is 0 Å². The van der Waals surface area contributed by atoms with E-state index < -0.39 is 0 Å². The van der Waals surface area contributed by atoms with Gasteiger partial charge in [-0.2, -0.15) is 0 Å². The van der Waals surface area contributed by atoms with E-state index in [0.29, 0.717) is 5.56 Å². The number of carbonyl (C=O) groups is 1. The van der Waals surface area contributed by atoms with E-state index in [2.05, 4.69) is 20.8 Å². The van der Waals surface area contributed by atoms with E-state index in [1.54, 1.807) is 6.92 Å². The summed E-state index contributed by atoms with van der Waals surface area (Å²) in [6.07, 6.45) is 0. The van der Waals surface area contributed by atoms with Gasteiger partial charge < -0.3 is 4.90 Å². The van der Waals surface area contributed by atoms with Crippen molar-refractivity contribution >= 4 is 33.1 Å². The molecule has 0 fully saturated rings. The highest BCUT2D eigenvalue weighted by atomic mass is 79.9. The number of benzene rings is 2. The Bertz CT molecular complexity index is 566. The Labute approximate surface area is 115 Å². The minimum Gasteiger partial charge on any atom is -0.344 e. The van der Waals surface area contributed by atoms with Crippen LogP contribution in [0, 0.1) is 0 Å². The molecule has 0 aromatic heterocycles. The number of hydrogen-bond acceptors (Lipinski definition) is 2. The minimum atomic E-state index is 0.0737. The van der Waals surface area contributed by atoms with Crippen LogP contribution >= 0.6 is 15.9 Å². The zero-order valence-electron chi connectivity index (χ0n) is 10.4. The molecule has 0 spiro atoms. The zero-order chi connectivity index (χ0) is 13.1. The van der Waals surface area contributed by atoms with Gasteiger partial charge in [0.1, 0.15) is 0 Å². The molecule has 0 bridgehead atoms. The number of Topliss-reactive ketones (excluding diaryl/α,β-unsaturated/α-hetero) is 1. The van der Waals surface area contributed by atoms with Gasteiger partial charge in [-0.25, -0.2) is 0 Å². The number of halogens is 1. The largest absolute Gasteiger partial charge is 0.344 e. The fourth-order valence-corrected chi connectivity index (χ4v) is 2.43. The van der Waals surface area contributed by atoms with Gasteiger partial charge in [-0.05, 0) is 53.2 Å². The molecule has 0 N–H and O–H groups in total. The summed E-state index contributed by atoms with van der Waals surface area (Å²) < 4.78 is 0.918. The molecule has 0 atom stereocenters. The molecule has 0 aliphatic rings. The van der Waals surface area contributed by atoms with Crippen molar-refractivity contribution in [3.63, 3.8) is 0 Å². The average Bonchev–Trinajstić information content (AvgIpc) is 2.38. The lowest BCUT2D eigenvalue weighted by atomic mass is 10.1. The summed E-state index contributed by atoms with van der Waals surface area (Å²) >= 11 is 3.52. The molecule has 0 saturated heterocycles.